The van der Waals surface area contributed by atoms with Crippen LogP contribution in [0.25, 0.3) is 0 Å². The van der Waals surface area contributed by atoms with Crippen LogP contribution >= 0.6 is 11.6 Å². The molecule has 0 saturated carbocycles. The van der Waals surface area contributed by atoms with Gasteiger partial charge in [-0.3, -0.25) is 4.79 Å². The number of nitrogens with one attached hydrogen (secondary N) is 2. The van der Waals surface area contributed by atoms with E-state index in [1.165, 1.54) is 0 Å². The van der Waals surface area contributed by atoms with Gasteiger partial charge in [0.2, 0.25) is 0 Å². The van der Waals surface area contributed by atoms with Crippen LogP contribution in [0.3, 0.4) is 0 Å². The molecule has 1 amide bonds. The molecular weight excluding hydrogens is 238 g/mol. The van der Waals surface area contributed by atoms with Crippen molar-refractivity contribution in [2.75, 3.05) is 5.32 Å². The number of anilines is 1. The van der Waals surface area contributed by atoms with Crippen molar-refractivity contribution in [3.63, 3.8) is 0 Å². The molecule has 5 heteroatoms. The lowest BCUT2D eigenvalue weighted by molar-refractivity contribution is 0.102. The quantitative estimate of drug-likeness (QED) is 0.860. The molecule has 0 aliphatic rings. The smallest absolute Gasteiger partial charge is 0.273 e. The minimum atomic E-state index is -0.255. The summed E-state index contributed by atoms with van der Waals surface area (Å²) in [5.74, 6) is 0.285. The molecule has 2 heterocycles. The van der Waals surface area contributed by atoms with Gasteiger partial charge in [-0.1, -0.05) is 11.6 Å². The topological polar surface area (TPSA) is 57.8 Å². The lowest BCUT2D eigenvalue weighted by atomic mass is 10.2. The number of aromatic amines is 1. The van der Waals surface area contributed by atoms with Gasteiger partial charge >= 0.3 is 0 Å². The molecule has 0 atom stereocenters. The van der Waals surface area contributed by atoms with Crippen molar-refractivity contribution >= 4 is 23.3 Å². The van der Waals surface area contributed by atoms with Gasteiger partial charge in [-0.2, -0.15) is 0 Å². The van der Waals surface area contributed by atoms with Gasteiger partial charge in [0.05, 0.1) is 0 Å². The zero-order chi connectivity index (χ0) is 12.4. The maximum atomic E-state index is 11.8. The minimum Gasteiger partial charge on any atom is -0.342 e. The normalized spacial score (nSPS) is 10.3. The molecule has 0 spiro atoms. The van der Waals surface area contributed by atoms with Gasteiger partial charge in [-0.15, -0.1) is 0 Å². The average molecular weight is 250 g/mol. The number of amides is 1. The number of nitrogens with zero attached hydrogens (tertiary/aromatic N) is 1. The van der Waals surface area contributed by atoms with Crippen LogP contribution in [0.15, 0.2) is 24.3 Å². The Bertz CT molecular complexity index is 542. The van der Waals surface area contributed by atoms with Crippen molar-refractivity contribution in [3.8, 4) is 0 Å². The highest BCUT2D eigenvalue weighted by atomic mass is 35.5. The average Bonchev–Trinajstić information content (AvgIpc) is 2.63. The van der Waals surface area contributed by atoms with Gasteiger partial charge in [0.25, 0.3) is 5.91 Å². The summed E-state index contributed by atoms with van der Waals surface area (Å²) in [4.78, 5) is 18.8. The molecule has 4 nitrogen and oxygen atoms in total. The van der Waals surface area contributed by atoms with E-state index in [0.717, 1.165) is 11.3 Å². The van der Waals surface area contributed by atoms with E-state index in [-0.39, 0.29) is 5.91 Å². The molecule has 88 valence electrons. The second-order valence-corrected chi connectivity index (χ2v) is 4.25. The lowest BCUT2D eigenvalue weighted by Gasteiger charge is -2.05. The second kappa shape index (κ2) is 4.59. The number of hydrogen-bond acceptors (Lipinski definition) is 2. The monoisotopic (exact) mass is 249 g/mol. The summed E-state index contributed by atoms with van der Waals surface area (Å²) < 4.78 is 0. The summed E-state index contributed by atoms with van der Waals surface area (Å²) in [6.45, 7) is 3.84. The molecule has 0 saturated heterocycles. The van der Waals surface area contributed by atoms with E-state index in [1.807, 2.05) is 26.0 Å². The third-order valence-electron chi connectivity index (χ3n) is 2.23. The number of aryl methyl sites for hydroxylation is 2. The summed E-state index contributed by atoms with van der Waals surface area (Å²) >= 11 is 5.71. The Balaban J connectivity index is 2.18. The van der Waals surface area contributed by atoms with Gasteiger partial charge in [-0.05, 0) is 43.7 Å². The Morgan fingerprint density at radius 2 is 2.12 bits per heavy atom. The van der Waals surface area contributed by atoms with Crippen molar-refractivity contribution in [2.24, 2.45) is 0 Å². The minimum absolute atomic E-state index is 0.255. The Morgan fingerprint density at radius 1 is 1.35 bits per heavy atom. The SMILES string of the molecule is Cc1cc(C)nc(NC(=O)c2ccc(Cl)[nH]2)c1. The molecule has 0 aliphatic heterocycles. The van der Waals surface area contributed by atoms with Crippen molar-refractivity contribution < 1.29 is 4.79 Å². The Morgan fingerprint density at radius 3 is 2.71 bits per heavy atom. The second-order valence-electron chi connectivity index (χ2n) is 3.85. The number of hydrogen-bond donors (Lipinski definition) is 2. The van der Waals surface area contributed by atoms with E-state index >= 15 is 0 Å². The van der Waals surface area contributed by atoms with E-state index in [4.69, 9.17) is 11.6 Å². The highest BCUT2D eigenvalue weighted by Gasteiger charge is 2.09. The molecule has 2 aromatic rings. The van der Waals surface area contributed by atoms with Crippen molar-refractivity contribution in [1.29, 1.82) is 0 Å². The van der Waals surface area contributed by atoms with Gasteiger partial charge in [-0.25, -0.2) is 4.98 Å². The number of pyridine rings is 1. The molecule has 0 unspecified atom stereocenters. The third kappa shape index (κ3) is 2.85. The largest absolute Gasteiger partial charge is 0.342 e. The first-order valence-electron chi connectivity index (χ1n) is 5.16. The zero-order valence-electron chi connectivity index (χ0n) is 9.54. The highest BCUT2D eigenvalue weighted by Crippen LogP contribution is 2.12. The predicted octanol–water partition coefficient (Wildman–Crippen LogP) is 2.93. The molecule has 0 radical (unpaired) electrons. The number of rotatable bonds is 2. The van der Waals surface area contributed by atoms with Crippen LogP contribution in [-0.4, -0.2) is 15.9 Å². The lowest BCUT2D eigenvalue weighted by Crippen LogP contribution is -2.13. The Kier molecular flexibility index (Phi) is 3.15. The standard InChI is InChI=1S/C12H12ClN3O/c1-7-5-8(2)14-11(6-7)16-12(17)9-3-4-10(13)15-9/h3-6,15H,1-2H3,(H,14,16,17). The van der Waals surface area contributed by atoms with Crippen molar-refractivity contribution in [3.05, 3.63) is 46.4 Å². The molecular formula is C12H12ClN3O. The highest BCUT2D eigenvalue weighted by molar-refractivity contribution is 6.29. The summed E-state index contributed by atoms with van der Waals surface area (Å²) in [6, 6.07) is 7.02. The van der Waals surface area contributed by atoms with Crippen LogP contribution < -0.4 is 5.32 Å². The van der Waals surface area contributed by atoms with Crippen LogP contribution in [0.5, 0.6) is 0 Å². The number of aromatic nitrogens is 2. The van der Waals surface area contributed by atoms with Crippen molar-refractivity contribution in [1.82, 2.24) is 9.97 Å². The molecule has 0 aliphatic carbocycles. The maximum Gasteiger partial charge on any atom is 0.273 e. The van der Waals surface area contributed by atoms with Crippen LogP contribution in [0, 0.1) is 13.8 Å². The fourth-order valence-electron chi connectivity index (χ4n) is 1.59. The van der Waals surface area contributed by atoms with Gasteiger partial charge in [0, 0.05) is 5.69 Å². The number of carbonyl (C=O) groups is 1. The van der Waals surface area contributed by atoms with Crippen LogP contribution in [0.2, 0.25) is 5.15 Å². The number of H-pyrrole nitrogens is 1. The first kappa shape index (κ1) is 11.7. The number of halogens is 1. The van der Waals surface area contributed by atoms with E-state index in [0.29, 0.717) is 16.7 Å². The third-order valence-corrected chi connectivity index (χ3v) is 2.45. The molecule has 2 rings (SSSR count). The summed E-state index contributed by atoms with van der Waals surface area (Å²) in [5, 5.41) is 3.15. The van der Waals surface area contributed by atoms with Gasteiger partial charge in [0.1, 0.15) is 16.7 Å². The summed E-state index contributed by atoms with van der Waals surface area (Å²) in [5.41, 5.74) is 2.33. The van der Waals surface area contributed by atoms with Crippen LogP contribution in [-0.2, 0) is 0 Å². The Labute approximate surface area is 104 Å². The Hall–Kier alpha value is -1.81. The fraction of sp³-hybridized carbons (Fsp3) is 0.167. The van der Waals surface area contributed by atoms with Crippen LogP contribution in [0.4, 0.5) is 5.82 Å². The predicted molar refractivity (Wildman–Crippen MR) is 67.5 cm³/mol. The van der Waals surface area contributed by atoms with Crippen molar-refractivity contribution in [2.45, 2.75) is 13.8 Å². The number of carbonyl (C=O) groups excluding carboxylic acids is 1. The van der Waals surface area contributed by atoms with E-state index in [2.05, 4.69) is 15.3 Å². The molecule has 0 fully saturated rings. The van der Waals surface area contributed by atoms with Gasteiger partial charge in [0.15, 0.2) is 0 Å². The van der Waals surface area contributed by atoms with Crippen LogP contribution in [0.1, 0.15) is 21.7 Å². The van der Waals surface area contributed by atoms with E-state index < -0.39 is 0 Å². The first-order chi connectivity index (χ1) is 8.04. The van der Waals surface area contributed by atoms with E-state index in [9.17, 15) is 4.79 Å². The fourth-order valence-corrected chi connectivity index (χ4v) is 1.75. The molecule has 0 bridgehead atoms. The molecule has 2 aromatic heterocycles. The first-order valence-corrected chi connectivity index (χ1v) is 5.53. The van der Waals surface area contributed by atoms with E-state index in [1.54, 1.807) is 12.1 Å². The summed E-state index contributed by atoms with van der Waals surface area (Å²) in [6.07, 6.45) is 0. The zero-order valence-corrected chi connectivity index (χ0v) is 10.3. The molecule has 17 heavy (non-hydrogen) atoms. The molecule has 0 aromatic carbocycles. The molecule has 2 N–H and O–H groups in total. The van der Waals surface area contributed by atoms with Gasteiger partial charge < -0.3 is 10.3 Å². The maximum absolute atomic E-state index is 11.8. The summed E-state index contributed by atoms with van der Waals surface area (Å²) in [7, 11) is 0.